The van der Waals surface area contributed by atoms with Crippen molar-refractivity contribution in [1.82, 2.24) is 9.80 Å². The molecule has 30 heavy (non-hydrogen) atoms. The van der Waals surface area contributed by atoms with Gasteiger partial charge in [0.05, 0.1) is 6.04 Å². The Bertz CT molecular complexity index is 858. The van der Waals surface area contributed by atoms with Crippen molar-refractivity contribution >= 4 is 18.2 Å². The van der Waals surface area contributed by atoms with E-state index in [4.69, 9.17) is 9.47 Å². The summed E-state index contributed by atoms with van der Waals surface area (Å²) in [6.45, 7) is 0.275. The van der Waals surface area contributed by atoms with Crippen LogP contribution in [0.2, 0.25) is 0 Å². The largest absolute Gasteiger partial charge is 0.480 e. The molecule has 8 nitrogen and oxygen atoms in total. The molecule has 1 unspecified atom stereocenters. The molecule has 0 bridgehead atoms. The number of carboxylic acid groups (broad SMARTS) is 1. The minimum atomic E-state index is -1.14. The van der Waals surface area contributed by atoms with Gasteiger partial charge in [0.25, 0.3) is 0 Å². The Morgan fingerprint density at radius 2 is 1.50 bits per heavy atom. The van der Waals surface area contributed by atoms with Gasteiger partial charge in [-0.3, -0.25) is 9.69 Å². The molecule has 1 heterocycles. The van der Waals surface area contributed by atoms with Crippen LogP contribution in [-0.4, -0.2) is 58.7 Å². The molecule has 0 aliphatic carbocycles. The Hall–Kier alpha value is -3.55. The summed E-state index contributed by atoms with van der Waals surface area (Å²) in [5.74, 6) is -1.14. The summed E-state index contributed by atoms with van der Waals surface area (Å²) in [6.07, 6.45) is -0.756. The quantitative estimate of drug-likeness (QED) is 0.751. The van der Waals surface area contributed by atoms with Gasteiger partial charge in [0.15, 0.2) is 0 Å². The molecule has 2 amide bonds. The van der Waals surface area contributed by atoms with Crippen molar-refractivity contribution in [3.63, 3.8) is 0 Å². The number of amides is 2. The lowest BCUT2D eigenvalue weighted by atomic mass is 10.2. The summed E-state index contributed by atoms with van der Waals surface area (Å²) in [5.41, 5.74) is 1.68. The highest BCUT2D eigenvalue weighted by Crippen LogP contribution is 2.18. The maximum absolute atomic E-state index is 12.5. The first-order chi connectivity index (χ1) is 14.5. The van der Waals surface area contributed by atoms with Gasteiger partial charge in [-0.25, -0.2) is 9.59 Å². The number of carbonyl (C=O) groups is 3. The van der Waals surface area contributed by atoms with Crippen molar-refractivity contribution in [1.29, 1.82) is 0 Å². The van der Waals surface area contributed by atoms with Gasteiger partial charge in [-0.15, -0.1) is 0 Å². The van der Waals surface area contributed by atoms with Crippen LogP contribution in [0.15, 0.2) is 60.7 Å². The molecule has 1 atom stereocenters. The minimum absolute atomic E-state index is 0.0470. The predicted molar refractivity (Wildman–Crippen MR) is 108 cm³/mol. The van der Waals surface area contributed by atoms with Gasteiger partial charge in [0.1, 0.15) is 19.8 Å². The summed E-state index contributed by atoms with van der Waals surface area (Å²) < 4.78 is 10.6. The van der Waals surface area contributed by atoms with Crippen LogP contribution in [0.5, 0.6) is 0 Å². The van der Waals surface area contributed by atoms with Gasteiger partial charge in [-0.05, 0) is 17.5 Å². The zero-order chi connectivity index (χ0) is 21.3. The Morgan fingerprint density at radius 1 is 0.933 bits per heavy atom. The number of hydrogen-bond donors (Lipinski definition) is 1. The predicted octanol–water partition coefficient (Wildman–Crippen LogP) is 3.12. The van der Waals surface area contributed by atoms with Crippen molar-refractivity contribution in [3.05, 3.63) is 71.8 Å². The number of benzene rings is 2. The first kappa shape index (κ1) is 21.2. The highest BCUT2D eigenvalue weighted by molar-refractivity contribution is 5.77. The van der Waals surface area contributed by atoms with Gasteiger partial charge in [0, 0.05) is 13.1 Å². The van der Waals surface area contributed by atoms with Gasteiger partial charge in [-0.1, -0.05) is 60.7 Å². The molecule has 1 saturated heterocycles. The Labute approximate surface area is 174 Å². The summed E-state index contributed by atoms with van der Waals surface area (Å²) in [4.78, 5) is 38.8. The molecule has 8 heteroatoms. The van der Waals surface area contributed by atoms with E-state index in [2.05, 4.69) is 0 Å². The van der Waals surface area contributed by atoms with Crippen LogP contribution in [0, 0.1) is 0 Å². The SMILES string of the molecule is O=C(O)CN(C(=O)OCc1ccccc1)C1CCN(C(=O)OCc2ccccc2)C1. The highest BCUT2D eigenvalue weighted by atomic mass is 16.6. The highest BCUT2D eigenvalue weighted by Gasteiger charge is 2.35. The third kappa shape index (κ3) is 5.97. The molecule has 2 aromatic rings. The molecule has 0 radical (unpaired) electrons. The third-order valence-electron chi connectivity index (χ3n) is 4.81. The fourth-order valence-corrected chi connectivity index (χ4v) is 3.26. The van der Waals surface area contributed by atoms with E-state index in [-0.39, 0.29) is 19.8 Å². The van der Waals surface area contributed by atoms with E-state index < -0.39 is 30.7 Å². The zero-order valence-electron chi connectivity index (χ0n) is 16.5. The summed E-state index contributed by atoms with van der Waals surface area (Å²) >= 11 is 0. The van der Waals surface area contributed by atoms with E-state index in [1.807, 2.05) is 60.7 Å². The van der Waals surface area contributed by atoms with Crippen LogP contribution in [0.1, 0.15) is 17.5 Å². The van der Waals surface area contributed by atoms with Crippen LogP contribution < -0.4 is 0 Å². The standard InChI is InChI=1S/C22H24N2O6/c25-20(26)14-24(22(28)30-16-18-9-5-2-6-10-18)19-11-12-23(13-19)21(27)29-15-17-7-3-1-4-8-17/h1-10,19H,11-16H2,(H,25,26). The smallest absolute Gasteiger partial charge is 0.410 e. The average molecular weight is 412 g/mol. The van der Waals surface area contributed by atoms with E-state index in [1.165, 1.54) is 4.90 Å². The first-order valence-corrected chi connectivity index (χ1v) is 9.67. The van der Waals surface area contributed by atoms with Crippen LogP contribution >= 0.6 is 0 Å². The Kier molecular flexibility index (Phi) is 7.26. The van der Waals surface area contributed by atoms with Crippen LogP contribution in [0.3, 0.4) is 0 Å². The van der Waals surface area contributed by atoms with Crippen LogP contribution in [0.4, 0.5) is 9.59 Å². The molecular weight excluding hydrogens is 388 g/mol. The van der Waals surface area contributed by atoms with Gasteiger partial charge in [-0.2, -0.15) is 0 Å². The van der Waals surface area contributed by atoms with E-state index in [0.29, 0.717) is 13.0 Å². The van der Waals surface area contributed by atoms with E-state index in [1.54, 1.807) is 0 Å². The number of carboxylic acids is 1. The Balaban J connectivity index is 1.54. The molecule has 0 aromatic heterocycles. The lowest BCUT2D eigenvalue weighted by Crippen LogP contribution is -2.45. The second-order valence-electron chi connectivity index (χ2n) is 6.99. The average Bonchev–Trinajstić information content (AvgIpc) is 3.25. The fourth-order valence-electron chi connectivity index (χ4n) is 3.26. The number of carbonyl (C=O) groups excluding carboxylic acids is 2. The molecule has 3 rings (SSSR count). The van der Waals surface area contributed by atoms with E-state index in [0.717, 1.165) is 16.0 Å². The number of aliphatic carboxylic acids is 1. The molecule has 2 aromatic carbocycles. The third-order valence-corrected chi connectivity index (χ3v) is 4.81. The van der Waals surface area contributed by atoms with Crippen molar-refractivity contribution in [2.24, 2.45) is 0 Å². The zero-order valence-corrected chi connectivity index (χ0v) is 16.5. The lowest BCUT2D eigenvalue weighted by molar-refractivity contribution is -0.138. The molecule has 1 fully saturated rings. The van der Waals surface area contributed by atoms with Gasteiger partial charge < -0.3 is 19.5 Å². The summed E-state index contributed by atoms with van der Waals surface area (Å²) in [6, 6.07) is 18.0. The number of nitrogens with zero attached hydrogens (tertiary/aromatic N) is 2. The van der Waals surface area contributed by atoms with Crippen molar-refractivity contribution in [3.8, 4) is 0 Å². The maximum atomic E-state index is 12.5. The van der Waals surface area contributed by atoms with Crippen molar-refractivity contribution in [2.45, 2.75) is 25.7 Å². The second-order valence-corrected chi connectivity index (χ2v) is 6.99. The van der Waals surface area contributed by atoms with Crippen LogP contribution in [-0.2, 0) is 27.5 Å². The number of ether oxygens (including phenoxy) is 2. The monoisotopic (exact) mass is 412 g/mol. The summed E-state index contributed by atoms with van der Waals surface area (Å²) in [5, 5.41) is 9.21. The molecule has 0 spiro atoms. The molecular formula is C22H24N2O6. The molecule has 1 aliphatic heterocycles. The summed E-state index contributed by atoms with van der Waals surface area (Å²) in [7, 11) is 0. The molecule has 158 valence electrons. The maximum Gasteiger partial charge on any atom is 0.410 e. The molecule has 1 aliphatic rings. The van der Waals surface area contributed by atoms with Crippen molar-refractivity contribution in [2.75, 3.05) is 19.6 Å². The lowest BCUT2D eigenvalue weighted by Gasteiger charge is -2.26. The normalized spacial score (nSPS) is 15.5. The number of rotatable bonds is 7. The second kappa shape index (κ2) is 10.3. The number of likely N-dealkylation sites (tertiary alicyclic amines) is 1. The van der Waals surface area contributed by atoms with Crippen molar-refractivity contribution < 1.29 is 29.0 Å². The first-order valence-electron chi connectivity index (χ1n) is 9.67. The minimum Gasteiger partial charge on any atom is -0.480 e. The van der Waals surface area contributed by atoms with E-state index >= 15 is 0 Å². The fraction of sp³-hybridized carbons (Fsp3) is 0.318. The number of hydrogen-bond acceptors (Lipinski definition) is 5. The van der Waals surface area contributed by atoms with Crippen LogP contribution in [0.25, 0.3) is 0 Å². The topological polar surface area (TPSA) is 96.4 Å². The van der Waals surface area contributed by atoms with Gasteiger partial charge in [0.2, 0.25) is 0 Å². The van der Waals surface area contributed by atoms with Gasteiger partial charge >= 0.3 is 18.2 Å². The molecule has 1 N–H and O–H groups in total. The Morgan fingerprint density at radius 3 is 2.07 bits per heavy atom. The molecule has 0 saturated carbocycles. The van der Waals surface area contributed by atoms with E-state index in [9.17, 15) is 19.5 Å².